The highest BCUT2D eigenvalue weighted by atomic mass is 35.5. The summed E-state index contributed by atoms with van der Waals surface area (Å²) < 4.78 is 4.51. The number of aromatic nitrogens is 1. The number of hydrogen-bond acceptors (Lipinski definition) is 5. The van der Waals surface area contributed by atoms with E-state index in [4.69, 9.17) is 11.6 Å². The number of nitrogens with zero attached hydrogens (tertiary/aromatic N) is 1. The quantitative estimate of drug-likeness (QED) is 0.606. The van der Waals surface area contributed by atoms with Gasteiger partial charge in [0.1, 0.15) is 11.8 Å². The highest BCUT2D eigenvalue weighted by molar-refractivity contribution is 6.17. The highest BCUT2D eigenvalue weighted by Gasteiger charge is 2.20. The molecule has 0 aliphatic carbocycles. The SMILES string of the molecule is COC(=O)c1cccc(C(O)C(O)CCCl)n1. The number of ether oxygens (including phenoxy) is 1. The summed E-state index contributed by atoms with van der Waals surface area (Å²) >= 11 is 5.47. The van der Waals surface area contributed by atoms with Crippen molar-refractivity contribution < 1.29 is 19.7 Å². The Morgan fingerprint density at radius 2 is 2.24 bits per heavy atom. The van der Waals surface area contributed by atoms with Crippen molar-refractivity contribution in [2.24, 2.45) is 0 Å². The Morgan fingerprint density at radius 3 is 2.82 bits per heavy atom. The molecule has 0 fully saturated rings. The van der Waals surface area contributed by atoms with Gasteiger partial charge in [-0.2, -0.15) is 0 Å². The molecule has 0 saturated carbocycles. The first-order valence-electron chi connectivity index (χ1n) is 5.07. The maximum atomic E-state index is 11.2. The van der Waals surface area contributed by atoms with E-state index in [0.29, 0.717) is 0 Å². The van der Waals surface area contributed by atoms with Crippen LogP contribution in [0.2, 0.25) is 0 Å². The summed E-state index contributed by atoms with van der Waals surface area (Å²) in [7, 11) is 1.25. The first kappa shape index (κ1) is 13.9. The minimum Gasteiger partial charge on any atom is -0.464 e. The van der Waals surface area contributed by atoms with Gasteiger partial charge in [0, 0.05) is 5.88 Å². The van der Waals surface area contributed by atoms with Crippen LogP contribution in [0, 0.1) is 0 Å². The van der Waals surface area contributed by atoms with Crippen LogP contribution in [-0.2, 0) is 4.74 Å². The minimum absolute atomic E-state index is 0.0853. The molecule has 1 heterocycles. The minimum atomic E-state index is -1.17. The average Bonchev–Trinajstić information content (AvgIpc) is 2.37. The van der Waals surface area contributed by atoms with E-state index in [-0.39, 0.29) is 23.7 Å². The Kier molecular flexibility index (Phi) is 5.34. The molecular weight excluding hydrogens is 246 g/mol. The van der Waals surface area contributed by atoms with Gasteiger partial charge in [-0.25, -0.2) is 9.78 Å². The van der Waals surface area contributed by atoms with Crippen molar-refractivity contribution in [3.8, 4) is 0 Å². The van der Waals surface area contributed by atoms with E-state index < -0.39 is 18.2 Å². The van der Waals surface area contributed by atoms with Crippen LogP contribution >= 0.6 is 11.6 Å². The van der Waals surface area contributed by atoms with Crippen molar-refractivity contribution >= 4 is 17.6 Å². The van der Waals surface area contributed by atoms with Crippen molar-refractivity contribution in [1.82, 2.24) is 4.98 Å². The number of esters is 1. The molecular formula is C11H14ClNO4. The molecule has 2 N–H and O–H groups in total. The number of halogens is 1. The summed E-state index contributed by atoms with van der Waals surface area (Å²) in [5, 5.41) is 19.3. The van der Waals surface area contributed by atoms with Gasteiger partial charge < -0.3 is 14.9 Å². The number of hydrogen-bond donors (Lipinski definition) is 2. The molecule has 6 heteroatoms. The molecule has 0 bridgehead atoms. The molecule has 1 rings (SSSR count). The van der Waals surface area contributed by atoms with Crippen LogP contribution < -0.4 is 0 Å². The second-order valence-electron chi connectivity index (χ2n) is 3.43. The maximum absolute atomic E-state index is 11.2. The highest BCUT2D eigenvalue weighted by Crippen LogP contribution is 2.17. The Labute approximate surface area is 104 Å². The fraction of sp³-hybridized carbons (Fsp3) is 0.455. The summed E-state index contributed by atoms with van der Waals surface area (Å²) in [4.78, 5) is 15.2. The molecule has 2 unspecified atom stereocenters. The lowest BCUT2D eigenvalue weighted by molar-refractivity contribution is 0.0142. The molecule has 0 aliphatic heterocycles. The number of carbonyl (C=O) groups is 1. The van der Waals surface area contributed by atoms with Crippen LogP contribution in [0.15, 0.2) is 18.2 Å². The van der Waals surface area contributed by atoms with Crippen LogP contribution in [-0.4, -0.2) is 40.3 Å². The summed E-state index contributed by atoms with van der Waals surface area (Å²) in [6, 6.07) is 4.55. The molecule has 17 heavy (non-hydrogen) atoms. The monoisotopic (exact) mass is 259 g/mol. The summed E-state index contributed by atoms with van der Waals surface area (Å²) in [6.45, 7) is 0. The van der Waals surface area contributed by atoms with E-state index in [0.717, 1.165) is 0 Å². The van der Waals surface area contributed by atoms with E-state index in [1.165, 1.54) is 19.2 Å². The Bertz CT molecular complexity index is 385. The lowest BCUT2D eigenvalue weighted by atomic mass is 10.1. The predicted octanol–water partition coefficient (Wildman–Crippen LogP) is 0.891. The van der Waals surface area contributed by atoms with Gasteiger partial charge in [0.15, 0.2) is 0 Å². The summed E-state index contributed by atoms with van der Waals surface area (Å²) in [5.41, 5.74) is 0.299. The van der Waals surface area contributed by atoms with E-state index in [1.807, 2.05) is 0 Å². The van der Waals surface area contributed by atoms with Gasteiger partial charge in [0.25, 0.3) is 0 Å². The standard InChI is InChI=1S/C11H14ClNO4/c1-17-11(16)8-4-2-3-7(13-8)10(15)9(14)5-6-12/h2-4,9-10,14-15H,5-6H2,1H3. The fourth-order valence-electron chi connectivity index (χ4n) is 1.30. The largest absolute Gasteiger partial charge is 0.464 e. The summed E-state index contributed by atoms with van der Waals surface area (Å²) in [6.07, 6.45) is -1.93. The third-order valence-electron chi connectivity index (χ3n) is 2.24. The number of pyridine rings is 1. The summed E-state index contributed by atoms with van der Waals surface area (Å²) in [5.74, 6) is -0.361. The predicted molar refractivity (Wildman–Crippen MR) is 61.9 cm³/mol. The van der Waals surface area contributed by atoms with Crippen LogP contribution in [0.1, 0.15) is 28.7 Å². The van der Waals surface area contributed by atoms with Crippen molar-refractivity contribution in [3.05, 3.63) is 29.6 Å². The normalized spacial score (nSPS) is 14.1. The molecule has 0 spiro atoms. The van der Waals surface area contributed by atoms with Gasteiger partial charge in [0.2, 0.25) is 0 Å². The smallest absolute Gasteiger partial charge is 0.356 e. The fourth-order valence-corrected chi connectivity index (χ4v) is 1.52. The third-order valence-corrected chi connectivity index (χ3v) is 2.46. The number of aliphatic hydroxyl groups excluding tert-OH is 2. The molecule has 1 aromatic rings. The van der Waals surface area contributed by atoms with Gasteiger partial charge in [-0.3, -0.25) is 0 Å². The first-order chi connectivity index (χ1) is 8.10. The van der Waals surface area contributed by atoms with Gasteiger partial charge in [-0.1, -0.05) is 6.07 Å². The molecule has 0 aromatic carbocycles. The van der Waals surface area contributed by atoms with E-state index in [2.05, 4.69) is 9.72 Å². The second-order valence-corrected chi connectivity index (χ2v) is 3.81. The van der Waals surface area contributed by atoms with Crippen LogP contribution in [0.25, 0.3) is 0 Å². The second kappa shape index (κ2) is 6.54. The van der Waals surface area contributed by atoms with Gasteiger partial charge in [0.05, 0.1) is 18.9 Å². The molecule has 0 aliphatic rings. The van der Waals surface area contributed by atoms with Crippen molar-refractivity contribution in [1.29, 1.82) is 0 Å². The van der Waals surface area contributed by atoms with E-state index in [9.17, 15) is 15.0 Å². The van der Waals surface area contributed by atoms with Gasteiger partial charge in [-0.05, 0) is 18.6 Å². The third kappa shape index (κ3) is 3.66. The molecule has 0 radical (unpaired) electrons. The molecule has 0 saturated heterocycles. The van der Waals surface area contributed by atoms with Crippen LogP contribution in [0.3, 0.4) is 0 Å². The lowest BCUT2D eigenvalue weighted by Crippen LogP contribution is -2.20. The molecule has 1 aromatic heterocycles. The van der Waals surface area contributed by atoms with Crippen molar-refractivity contribution in [2.45, 2.75) is 18.6 Å². The molecule has 0 amide bonds. The number of rotatable bonds is 5. The Hall–Kier alpha value is -1.17. The zero-order valence-corrected chi connectivity index (χ0v) is 10.1. The van der Waals surface area contributed by atoms with Crippen LogP contribution in [0.5, 0.6) is 0 Å². The Balaban J connectivity index is 2.87. The zero-order chi connectivity index (χ0) is 12.8. The zero-order valence-electron chi connectivity index (χ0n) is 9.34. The van der Waals surface area contributed by atoms with E-state index in [1.54, 1.807) is 6.07 Å². The van der Waals surface area contributed by atoms with Gasteiger partial charge >= 0.3 is 5.97 Å². The maximum Gasteiger partial charge on any atom is 0.356 e. The molecule has 94 valence electrons. The first-order valence-corrected chi connectivity index (χ1v) is 5.61. The van der Waals surface area contributed by atoms with Crippen LogP contribution in [0.4, 0.5) is 0 Å². The number of carbonyl (C=O) groups excluding carboxylic acids is 1. The topological polar surface area (TPSA) is 79.7 Å². The van der Waals surface area contributed by atoms with E-state index >= 15 is 0 Å². The van der Waals surface area contributed by atoms with Crippen molar-refractivity contribution in [3.63, 3.8) is 0 Å². The molecule has 5 nitrogen and oxygen atoms in total. The van der Waals surface area contributed by atoms with Gasteiger partial charge in [-0.15, -0.1) is 11.6 Å². The number of alkyl halides is 1. The Morgan fingerprint density at radius 1 is 1.53 bits per heavy atom. The lowest BCUT2D eigenvalue weighted by Gasteiger charge is -2.16. The van der Waals surface area contributed by atoms with Crippen molar-refractivity contribution in [2.75, 3.05) is 13.0 Å². The number of methoxy groups -OCH3 is 1. The number of aliphatic hydroxyl groups is 2. The average molecular weight is 260 g/mol. The molecule has 2 atom stereocenters.